The van der Waals surface area contributed by atoms with E-state index >= 15 is 0 Å². The third-order valence-electron chi connectivity index (χ3n) is 3.67. The van der Waals surface area contributed by atoms with Gasteiger partial charge in [-0.25, -0.2) is 5.10 Å². The molecular weight excluding hydrogens is 272 g/mol. The van der Waals surface area contributed by atoms with Crippen molar-refractivity contribution in [3.05, 3.63) is 28.2 Å². The van der Waals surface area contributed by atoms with Gasteiger partial charge in [0.15, 0.2) is 0 Å². The number of nitrogens with zero attached hydrogens (tertiary/aromatic N) is 2. The van der Waals surface area contributed by atoms with Gasteiger partial charge in [0, 0.05) is 31.7 Å². The SMILES string of the molecule is CC(C)[C@H](CNC(=O)c1ccc(=O)[nH]n1)N1CCOCC1. The molecule has 2 heterocycles. The van der Waals surface area contributed by atoms with E-state index in [1.165, 1.54) is 12.1 Å². The molecule has 0 saturated carbocycles. The van der Waals surface area contributed by atoms with Crippen LogP contribution in [0.25, 0.3) is 0 Å². The Morgan fingerprint density at radius 2 is 2.14 bits per heavy atom. The number of aromatic amines is 1. The molecule has 0 aromatic carbocycles. The molecule has 2 N–H and O–H groups in total. The highest BCUT2D eigenvalue weighted by molar-refractivity contribution is 5.91. The zero-order valence-electron chi connectivity index (χ0n) is 12.5. The Balaban J connectivity index is 1.93. The van der Waals surface area contributed by atoms with Crippen molar-refractivity contribution in [3.8, 4) is 0 Å². The molecule has 21 heavy (non-hydrogen) atoms. The van der Waals surface area contributed by atoms with Crippen LogP contribution in [-0.2, 0) is 4.74 Å². The predicted molar refractivity (Wildman–Crippen MR) is 78.2 cm³/mol. The molecule has 2 rings (SSSR count). The molecule has 1 fully saturated rings. The molecular formula is C14H22N4O3. The van der Waals surface area contributed by atoms with Gasteiger partial charge in [-0.3, -0.25) is 14.5 Å². The second kappa shape index (κ2) is 7.33. The Hall–Kier alpha value is -1.73. The number of nitrogens with one attached hydrogen (secondary N) is 2. The first-order valence-corrected chi connectivity index (χ1v) is 7.23. The number of ether oxygens (including phenoxy) is 1. The van der Waals surface area contributed by atoms with Crippen LogP contribution in [0, 0.1) is 5.92 Å². The molecule has 0 spiro atoms. The Morgan fingerprint density at radius 1 is 1.43 bits per heavy atom. The largest absolute Gasteiger partial charge is 0.379 e. The van der Waals surface area contributed by atoms with E-state index in [9.17, 15) is 9.59 Å². The third kappa shape index (κ3) is 4.37. The highest BCUT2D eigenvalue weighted by Crippen LogP contribution is 2.12. The number of aromatic nitrogens is 2. The van der Waals surface area contributed by atoms with Gasteiger partial charge in [-0.2, -0.15) is 5.10 Å². The van der Waals surface area contributed by atoms with Gasteiger partial charge in [-0.05, 0) is 12.0 Å². The van der Waals surface area contributed by atoms with Gasteiger partial charge >= 0.3 is 0 Å². The maximum Gasteiger partial charge on any atom is 0.271 e. The summed E-state index contributed by atoms with van der Waals surface area (Å²) in [7, 11) is 0. The molecule has 1 aromatic heterocycles. The summed E-state index contributed by atoms with van der Waals surface area (Å²) in [5, 5.41) is 8.88. The number of morpholine rings is 1. The number of carbonyl (C=O) groups is 1. The smallest absolute Gasteiger partial charge is 0.271 e. The van der Waals surface area contributed by atoms with Crippen LogP contribution in [0.2, 0.25) is 0 Å². The number of carbonyl (C=O) groups excluding carboxylic acids is 1. The first-order valence-electron chi connectivity index (χ1n) is 7.23. The Kier molecular flexibility index (Phi) is 5.46. The molecule has 0 radical (unpaired) electrons. The van der Waals surface area contributed by atoms with Crippen LogP contribution in [-0.4, -0.2) is 59.9 Å². The van der Waals surface area contributed by atoms with E-state index < -0.39 is 0 Å². The van der Waals surface area contributed by atoms with E-state index in [0.717, 1.165) is 26.3 Å². The Morgan fingerprint density at radius 3 is 2.71 bits per heavy atom. The topological polar surface area (TPSA) is 87.3 Å². The van der Waals surface area contributed by atoms with E-state index in [2.05, 4.69) is 34.3 Å². The average Bonchev–Trinajstić information content (AvgIpc) is 2.48. The molecule has 0 aliphatic carbocycles. The van der Waals surface area contributed by atoms with E-state index in [-0.39, 0.29) is 23.2 Å². The molecule has 1 aliphatic heterocycles. The molecule has 1 saturated heterocycles. The summed E-state index contributed by atoms with van der Waals surface area (Å²) < 4.78 is 5.36. The molecule has 1 atom stereocenters. The summed E-state index contributed by atoms with van der Waals surface area (Å²) >= 11 is 0. The number of hydrogen-bond acceptors (Lipinski definition) is 5. The van der Waals surface area contributed by atoms with Crippen molar-refractivity contribution in [3.63, 3.8) is 0 Å². The molecule has 7 heteroatoms. The van der Waals surface area contributed by atoms with Gasteiger partial charge in [-0.15, -0.1) is 0 Å². The first-order chi connectivity index (χ1) is 10.1. The van der Waals surface area contributed by atoms with Crippen LogP contribution in [0.4, 0.5) is 0 Å². The molecule has 1 aromatic rings. The van der Waals surface area contributed by atoms with Gasteiger partial charge in [0.05, 0.1) is 13.2 Å². The lowest BCUT2D eigenvalue weighted by atomic mass is 10.0. The fourth-order valence-corrected chi connectivity index (χ4v) is 2.45. The van der Waals surface area contributed by atoms with Crippen LogP contribution in [0.3, 0.4) is 0 Å². The van der Waals surface area contributed by atoms with E-state index in [1.807, 2.05) is 0 Å². The molecule has 0 bridgehead atoms. The normalized spacial score (nSPS) is 17.7. The second-order valence-corrected chi connectivity index (χ2v) is 5.48. The molecule has 7 nitrogen and oxygen atoms in total. The van der Waals surface area contributed by atoms with Crippen LogP contribution in [0.5, 0.6) is 0 Å². The van der Waals surface area contributed by atoms with Crippen LogP contribution in [0.1, 0.15) is 24.3 Å². The van der Waals surface area contributed by atoms with Crippen molar-refractivity contribution in [2.45, 2.75) is 19.9 Å². The zero-order chi connectivity index (χ0) is 15.2. The highest BCUT2D eigenvalue weighted by Gasteiger charge is 2.24. The number of amides is 1. The van der Waals surface area contributed by atoms with Crippen molar-refractivity contribution in [2.24, 2.45) is 5.92 Å². The van der Waals surface area contributed by atoms with Gasteiger partial charge in [-0.1, -0.05) is 13.8 Å². The molecule has 116 valence electrons. The second-order valence-electron chi connectivity index (χ2n) is 5.48. The van der Waals surface area contributed by atoms with Crippen LogP contribution in [0.15, 0.2) is 16.9 Å². The first kappa shape index (κ1) is 15.7. The van der Waals surface area contributed by atoms with Gasteiger partial charge < -0.3 is 10.1 Å². The van der Waals surface area contributed by atoms with Crippen LogP contribution >= 0.6 is 0 Å². The van der Waals surface area contributed by atoms with E-state index in [1.54, 1.807) is 0 Å². The summed E-state index contributed by atoms with van der Waals surface area (Å²) in [4.78, 5) is 25.3. The van der Waals surface area contributed by atoms with Crippen molar-refractivity contribution in [2.75, 3.05) is 32.8 Å². The summed E-state index contributed by atoms with van der Waals surface area (Å²) in [5.41, 5.74) is -0.0981. The van der Waals surface area contributed by atoms with Gasteiger partial charge in [0.2, 0.25) is 0 Å². The van der Waals surface area contributed by atoms with Crippen molar-refractivity contribution in [1.29, 1.82) is 0 Å². The predicted octanol–water partition coefficient (Wildman–Crippen LogP) is -0.143. The van der Waals surface area contributed by atoms with Crippen molar-refractivity contribution < 1.29 is 9.53 Å². The minimum absolute atomic E-state index is 0.221. The fraction of sp³-hybridized carbons (Fsp3) is 0.643. The summed E-state index contributed by atoms with van der Waals surface area (Å²) in [6.07, 6.45) is 0. The number of hydrogen-bond donors (Lipinski definition) is 2. The quantitative estimate of drug-likeness (QED) is 0.789. The van der Waals surface area contributed by atoms with Crippen molar-refractivity contribution >= 4 is 5.91 Å². The summed E-state index contributed by atoms with van der Waals surface area (Å²) in [5.74, 6) is 0.150. The van der Waals surface area contributed by atoms with E-state index in [0.29, 0.717) is 12.5 Å². The van der Waals surface area contributed by atoms with Crippen LogP contribution < -0.4 is 10.9 Å². The summed E-state index contributed by atoms with van der Waals surface area (Å²) in [6.45, 7) is 8.08. The number of H-pyrrole nitrogens is 1. The maximum atomic E-state index is 12.0. The monoisotopic (exact) mass is 294 g/mol. The van der Waals surface area contributed by atoms with Crippen molar-refractivity contribution in [1.82, 2.24) is 20.4 Å². The third-order valence-corrected chi connectivity index (χ3v) is 3.67. The fourth-order valence-electron chi connectivity index (χ4n) is 2.45. The highest BCUT2D eigenvalue weighted by atomic mass is 16.5. The molecule has 1 amide bonds. The van der Waals surface area contributed by atoms with Gasteiger partial charge in [0.1, 0.15) is 5.69 Å². The Bertz CT molecular complexity index is 503. The lowest BCUT2D eigenvalue weighted by Gasteiger charge is -2.36. The van der Waals surface area contributed by atoms with Gasteiger partial charge in [0.25, 0.3) is 11.5 Å². The lowest BCUT2D eigenvalue weighted by molar-refractivity contribution is 0.00671. The zero-order valence-corrected chi connectivity index (χ0v) is 12.5. The van der Waals surface area contributed by atoms with E-state index in [4.69, 9.17) is 4.74 Å². The maximum absolute atomic E-state index is 12.0. The minimum Gasteiger partial charge on any atom is -0.379 e. The number of rotatable bonds is 5. The lowest BCUT2D eigenvalue weighted by Crippen LogP contribution is -2.51. The molecule has 1 aliphatic rings. The minimum atomic E-state index is -0.320. The molecule has 0 unspecified atom stereocenters. The average molecular weight is 294 g/mol. The standard InChI is InChI=1S/C14H22N4O3/c1-10(2)12(18-5-7-21-8-6-18)9-15-14(20)11-3-4-13(19)17-16-11/h3-4,10,12H,5-9H2,1-2H3,(H,15,20)(H,17,19)/t12-/m0/s1. The Labute approximate surface area is 123 Å². The summed E-state index contributed by atoms with van der Waals surface area (Å²) in [6, 6.07) is 2.98.